The number of nitriles is 1. The molecular formula is C9H10N2O2. The summed E-state index contributed by atoms with van der Waals surface area (Å²) in [5.74, 6) is 0.390. The van der Waals surface area contributed by atoms with Crippen LogP contribution in [0.3, 0.4) is 0 Å². The van der Waals surface area contributed by atoms with Crippen LogP contribution >= 0.6 is 0 Å². The molecule has 1 aromatic rings. The number of rotatable bonds is 2. The van der Waals surface area contributed by atoms with Crippen molar-refractivity contribution in [1.82, 2.24) is 5.32 Å². The third-order valence-corrected chi connectivity index (χ3v) is 1.53. The van der Waals surface area contributed by atoms with Crippen molar-refractivity contribution >= 4 is 5.91 Å². The Bertz CT molecular complexity index is 349. The van der Waals surface area contributed by atoms with Gasteiger partial charge in [-0.05, 0) is 19.9 Å². The smallest absolute Gasteiger partial charge is 0.255 e. The summed E-state index contributed by atoms with van der Waals surface area (Å²) in [4.78, 5) is 11.3. The molecule has 1 unspecified atom stereocenters. The van der Waals surface area contributed by atoms with Crippen molar-refractivity contribution in [3.8, 4) is 6.07 Å². The van der Waals surface area contributed by atoms with Crippen molar-refractivity contribution in [2.45, 2.75) is 19.9 Å². The molecule has 13 heavy (non-hydrogen) atoms. The molecule has 0 saturated carbocycles. The molecule has 0 saturated heterocycles. The number of hydrogen-bond acceptors (Lipinski definition) is 3. The molecule has 1 heterocycles. The minimum absolute atomic E-state index is 0.286. The fraction of sp³-hybridized carbons (Fsp3) is 0.333. The van der Waals surface area contributed by atoms with Gasteiger partial charge in [0, 0.05) is 0 Å². The number of nitrogens with one attached hydrogen (secondary N) is 1. The molecule has 4 nitrogen and oxygen atoms in total. The highest BCUT2D eigenvalue weighted by molar-refractivity contribution is 5.94. The van der Waals surface area contributed by atoms with Crippen LogP contribution < -0.4 is 5.32 Å². The summed E-state index contributed by atoms with van der Waals surface area (Å²) in [6.07, 6.45) is 1.37. The van der Waals surface area contributed by atoms with Crippen molar-refractivity contribution in [2.24, 2.45) is 0 Å². The molecule has 1 aromatic heterocycles. The molecule has 0 aliphatic heterocycles. The van der Waals surface area contributed by atoms with E-state index in [0.717, 1.165) is 0 Å². The van der Waals surface area contributed by atoms with E-state index in [1.807, 2.05) is 6.07 Å². The highest BCUT2D eigenvalue weighted by Gasteiger charge is 2.10. The maximum Gasteiger partial charge on any atom is 0.255 e. The average molecular weight is 178 g/mol. The SMILES string of the molecule is Cc1cc(C(=O)NC(C)C#N)co1. The predicted octanol–water partition coefficient (Wildman–Crippen LogP) is 1.23. The molecule has 1 N–H and O–H groups in total. The molecule has 0 aliphatic rings. The molecule has 0 radical (unpaired) electrons. The summed E-state index contributed by atoms with van der Waals surface area (Å²) in [6.45, 7) is 3.37. The maximum absolute atomic E-state index is 11.3. The maximum atomic E-state index is 11.3. The Morgan fingerprint density at radius 3 is 2.92 bits per heavy atom. The molecule has 0 bridgehead atoms. The van der Waals surface area contributed by atoms with Crippen LogP contribution in [-0.4, -0.2) is 11.9 Å². The van der Waals surface area contributed by atoms with Crippen LogP contribution in [0.25, 0.3) is 0 Å². The molecule has 68 valence electrons. The molecule has 0 aromatic carbocycles. The van der Waals surface area contributed by atoms with Crippen LogP contribution in [0.15, 0.2) is 16.7 Å². The van der Waals surface area contributed by atoms with Gasteiger partial charge in [-0.2, -0.15) is 5.26 Å². The van der Waals surface area contributed by atoms with Gasteiger partial charge in [0.25, 0.3) is 5.91 Å². The van der Waals surface area contributed by atoms with Gasteiger partial charge in [0.05, 0.1) is 11.6 Å². The van der Waals surface area contributed by atoms with Gasteiger partial charge < -0.3 is 9.73 Å². The first kappa shape index (κ1) is 9.33. The number of carbonyl (C=O) groups excluding carboxylic acids is 1. The number of carbonyl (C=O) groups is 1. The van der Waals surface area contributed by atoms with Crippen molar-refractivity contribution in [2.75, 3.05) is 0 Å². The van der Waals surface area contributed by atoms with E-state index < -0.39 is 6.04 Å². The minimum Gasteiger partial charge on any atom is -0.469 e. The highest BCUT2D eigenvalue weighted by Crippen LogP contribution is 2.05. The van der Waals surface area contributed by atoms with E-state index in [1.54, 1.807) is 19.9 Å². The van der Waals surface area contributed by atoms with Gasteiger partial charge in [0.1, 0.15) is 18.1 Å². The predicted molar refractivity (Wildman–Crippen MR) is 46.0 cm³/mol. The lowest BCUT2D eigenvalue weighted by atomic mass is 10.2. The zero-order valence-corrected chi connectivity index (χ0v) is 7.50. The van der Waals surface area contributed by atoms with Gasteiger partial charge in [-0.15, -0.1) is 0 Å². The Hall–Kier alpha value is -1.76. The van der Waals surface area contributed by atoms with Crippen LogP contribution in [0.2, 0.25) is 0 Å². The van der Waals surface area contributed by atoms with Gasteiger partial charge in [-0.1, -0.05) is 0 Å². The van der Waals surface area contributed by atoms with Crippen molar-refractivity contribution in [3.63, 3.8) is 0 Å². The summed E-state index contributed by atoms with van der Waals surface area (Å²) < 4.78 is 4.96. The number of furan rings is 1. The van der Waals surface area contributed by atoms with Crippen LogP contribution in [-0.2, 0) is 0 Å². The quantitative estimate of drug-likeness (QED) is 0.740. The van der Waals surface area contributed by atoms with Crippen LogP contribution in [0.5, 0.6) is 0 Å². The Morgan fingerprint density at radius 2 is 2.46 bits per heavy atom. The van der Waals surface area contributed by atoms with E-state index in [2.05, 4.69) is 5.32 Å². The summed E-state index contributed by atoms with van der Waals surface area (Å²) in [5, 5.41) is 10.9. The van der Waals surface area contributed by atoms with Gasteiger partial charge in [0.2, 0.25) is 0 Å². The second kappa shape index (κ2) is 3.76. The zero-order chi connectivity index (χ0) is 9.84. The number of hydrogen-bond donors (Lipinski definition) is 1. The normalized spacial score (nSPS) is 11.8. The second-order valence-electron chi connectivity index (χ2n) is 2.77. The molecule has 1 atom stereocenters. The van der Waals surface area contributed by atoms with E-state index in [0.29, 0.717) is 11.3 Å². The Balaban J connectivity index is 2.65. The van der Waals surface area contributed by atoms with Gasteiger partial charge in [-0.3, -0.25) is 4.79 Å². The summed E-state index contributed by atoms with van der Waals surface area (Å²) in [7, 11) is 0. The van der Waals surface area contributed by atoms with Crippen LogP contribution in [0, 0.1) is 18.3 Å². The highest BCUT2D eigenvalue weighted by atomic mass is 16.3. The summed E-state index contributed by atoms with van der Waals surface area (Å²) in [5.41, 5.74) is 0.444. The molecule has 4 heteroatoms. The third kappa shape index (κ3) is 2.34. The topological polar surface area (TPSA) is 66.0 Å². The van der Waals surface area contributed by atoms with Gasteiger partial charge in [-0.25, -0.2) is 0 Å². The first-order chi connectivity index (χ1) is 6.13. The lowest BCUT2D eigenvalue weighted by Crippen LogP contribution is -2.30. The van der Waals surface area contributed by atoms with Crippen molar-refractivity contribution < 1.29 is 9.21 Å². The first-order valence-corrected chi connectivity index (χ1v) is 3.89. The number of aryl methyl sites for hydroxylation is 1. The van der Waals surface area contributed by atoms with Crippen LogP contribution in [0.1, 0.15) is 23.0 Å². The van der Waals surface area contributed by atoms with E-state index in [1.165, 1.54) is 6.26 Å². The van der Waals surface area contributed by atoms with E-state index >= 15 is 0 Å². The van der Waals surface area contributed by atoms with Gasteiger partial charge in [0.15, 0.2) is 0 Å². The largest absolute Gasteiger partial charge is 0.469 e. The van der Waals surface area contributed by atoms with Crippen molar-refractivity contribution in [1.29, 1.82) is 5.26 Å². The van der Waals surface area contributed by atoms with E-state index in [-0.39, 0.29) is 5.91 Å². The van der Waals surface area contributed by atoms with E-state index in [4.69, 9.17) is 9.68 Å². The standard InChI is InChI=1S/C9H10N2O2/c1-6(4-10)11-9(12)8-3-7(2)13-5-8/h3,5-6H,1-2H3,(H,11,12). The second-order valence-corrected chi connectivity index (χ2v) is 2.77. The zero-order valence-electron chi connectivity index (χ0n) is 7.50. The summed E-state index contributed by atoms with van der Waals surface area (Å²) >= 11 is 0. The molecule has 1 rings (SSSR count). The minimum atomic E-state index is -0.484. The van der Waals surface area contributed by atoms with Gasteiger partial charge >= 0.3 is 0 Å². The third-order valence-electron chi connectivity index (χ3n) is 1.53. The average Bonchev–Trinajstić information content (AvgIpc) is 2.51. The molecule has 1 amide bonds. The summed E-state index contributed by atoms with van der Waals surface area (Å²) in [6, 6.07) is 3.05. The Morgan fingerprint density at radius 1 is 1.77 bits per heavy atom. The molecule has 0 aliphatic carbocycles. The molecular weight excluding hydrogens is 168 g/mol. The van der Waals surface area contributed by atoms with Crippen molar-refractivity contribution in [3.05, 3.63) is 23.7 Å². The Labute approximate surface area is 76.2 Å². The van der Waals surface area contributed by atoms with E-state index in [9.17, 15) is 4.79 Å². The molecule has 0 fully saturated rings. The number of nitrogens with zero attached hydrogens (tertiary/aromatic N) is 1. The first-order valence-electron chi connectivity index (χ1n) is 3.89. The number of amides is 1. The fourth-order valence-electron chi connectivity index (χ4n) is 0.875. The Kier molecular flexibility index (Phi) is 2.70. The molecule has 0 spiro atoms. The lowest BCUT2D eigenvalue weighted by Gasteiger charge is -2.02. The van der Waals surface area contributed by atoms with Crippen LogP contribution in [0.4, 0.5) is 0 Å². The fourth-order valence-corrected chi connectivity index (χ4v) is 0.875. The monoisotopic (exact) mass is 178 g/mol. The lowest BCUT2D eigenvalue weighted by molar-refractivity contribution is 0.0947.